The molecule has 1 saturated carbocycles. The fourth-order valence-electron chi connectivity index (χ4n) is 1.98. The van der Waals surface area contributed by atoms with Crippen LogP contribution in [0.1, 0.15) is 33.1 Å². The highest BCUT2D eigenvalue weighted by atomic mass is 16.1. The Balaban J connectivity index is 2.25. The van der Waals surface area contributed by atoms with Gasteiger partial charge in [-0.25, -0.2) is 0 Å². The molecular formula is C10H20N2O. The van der Waals surface area contributed by atoms with Crippen LogP contribution in [0.3, 0.4) is 0 Å². The number of rotatable bonds is 3. The minimum atomic E-state index is -0.258. The van der Waals surface area contributed by atoms with Crippen LogP contribution in [0.25, 0.3) is 0 Å². The highest BCUT2D eigenvalue weighted by Gasteiger charge is 2.23. The Kier molecular flexibility index (Phi) is 3.72. The Hall–Kier alpha value is -0.570. The molecule has 0 spiro atoms. The second-order valence-corrected chi connectivity index (χ2v) is 4.31. The molecule has 0 aromatic carbocycles. The van der Waals surface area contributed by atoms with Gasteiger partial charge in [-0.05, 0) is 31.1 Å². The zero-order chi connectivity index (χ0) is 9.84. The third-order valence-electron chi connectivity index (χ3n) is 3.16. The van der Waals surface area contributed by atoms with Crippen LogP contribution < -0.4 is 11.1 Å². The fourth-order valence-corrected chi connectivity index (χ4v) is 1.98. The van der Waals surface area contributed by atoms with Crippen molar-refractivity contribution in [3.8, 4) is 0 Å². The lowest BCUT2D eigenvalue weighted by atomic mass is 9.79. The molecule has 3 atom stereocenters. The molecule has 0 aliphatic heterocycles. The van der Waals surface area contributed by atoms with E-state index in [-0.39, 0.29) is 5.91 Å². The lowest BCUT2D eigenvalue weighted by Gasteiger charge is -2.32. The van der Waals surface area contributed by atoms with Crippen molar-refractivity contribution in [1.29, 1.82) is 0 Å². The van der Waals surface area contributed by atoms with E-state index in [1.165, 1.54) is 19.3 Å². The number of hydrogen-bond donors (Lipinski definition) is 2. The van der Waals surface area contributed by atoms with Gasteiger partial charge >= 0.3 is 0 Å². The zero-order valence-corrected chi connectivity index (χ0v) is 8.55. The van der Waals surface area contributed by atoms with Gasteiger partial charge in [0.05, 0.1) is 6.54 Å². The van der Waals surface area contributed by atoms with Crippen molar-refractivity contribution in [2.24, 2.45) is 17.6 Å². The van der Waals surface area contributed by atoms with Crippen LogP contribution in [-0.2, 0) is 4.79 Å². The SMILES string of the molecule is CC1CCC(NCC(N)=O)CC1C. The molecule has 3 unspecified atom stereocenters. The standard InChI is InChI=1S/C10H20N2O/c1-7-3-4-9(5-8(7)2)12-6-10(11)13/h7-9,12H,3-6H2,1-2H3,(H2,11,13). The van der Waals surface area contributed by atoms with Crippen LogP contribution in [-0.4, -0.2) is 18.5 Å². The van der Waals surface area contributed by atoms with Gasteiger partial charge in [0.2, 0.25) is 5.91 Å². The van der Waals surface area contributed by atoms with Crippen LogP contribution in [0.4, 0.5) is 0 Å². The summed E-state index contributed by atoms with van der Waals surface area (Å²) in [6, 6.07) is 0.499. The third-order valence-corrected chi connectivity index (χ3v) is 3.16. The molecule has 1 aliphatic carbocycles. The van der Waals surface area contributed by atoms with Crippen LogP contribution in [0, 0.1) is 11.8 Å². The summed E-state index contributed by atoms with van der Waals surface area (Å²) >= 11 is 0. The molecule has 1 amide bonds. The molecule has 0 bridgehead atoms. The largest absolute Gasteiger partial charge is 0.369 e. The number of carbonyl (C=O) groups is 1. The number of nitrogens with one attached hydrogen (secondary N) is 1. The predicted octanol–water partition coefficient (Wildman–Crippen LogP) is 0.886. The number of carbonyl (C=O) groups excluding carboxylic acids is 1. The van der Waals surface area contributed by atoms with Gasteiger partial charge in [0.25, 0.3) is 0 Å². The summed E-state index contributed by atoms with van der Waals surface area (Å²) in [5.74, 6) is 1.33. The van der Waals surface area contributed by atoms with Gasteiger partial charge in [0, 0.05) is 6.04 Å². The minimum absolute atomic E-state index is 0.258. The molecule has 0 heterocycles. The molecule has 3 nitrogen and oxygen atoms in total. The second kappa shape index (κ2) is 4.61. The smallest absolute Gasteiger partial charge is 0.231 e. The van der Waals surface area contributed by atoms with E-state index in [1.807, 2.05) is 0 Å². The third kappa shape index (κ3) is 3.35. The molecular weight excluding hydrogens is 164 g/mol. The van der Waals surface area contributed by atoms with Crippen LogP contribution in [0.15, 0.2) is 0 Å². The van der Waals surface area contributed by atoms with Gasteiger partial charge in [-0.15, -0.1) is 0 Å². The van der Waals surface area contributed by atoms with E-state index in [1.54, 1.807) is 0 Å². The Morgan fingerprint density at radius 3 is 2.62 bits per heavy atom. The maximum absolute atomic E-state index is 10.5. The predicted molar refractivity (Wildman–Crippen MR) is 53.2 cm³/mol. The highest BCUT2D eigenvalue weighted by molar-refractivity contribution is 5.75. The molecule has 0 aromatic rings. The Bertz CT molecular complexity index is 182. The number of amides is 1. The van der Waals surface area contributed by atoms with E-state index in [9.17, 15) is 4.79 Å². The first kappa shape index (κ1) is 10.5. The topological polar surface area (TPSA) is 55.1 Å². The summed E-state index contributed by atoms with van der Waals surface area (Å²) < 4.78 is 0. The minimum Gasteiger partial charge on any atom is -0.369 e. The molecule has 1 rings (SSSR count). The van der Waals surface area contributed by atoms with Gasteiger partial charge in [0.1, 0.15) is 0 Å². The maximum Gasteiger partial charge on any atom is 0.231 e. The highest BCUT2D eigenvalue weighted by Crippen LogP contribution is 2.28. The van der Waals surface area contributed by atoms with Gasteiger partial charge in [-0.3, -0.25) is 4.79 Å². The van der Waals surface area contributed by atoms with E-state index < -0.39 is 0 Å². The summed E-state index contributed by atoms with van der Waals surface area (Å²) in [6.07, 6.45) is 3.62. The number of nitrogens with two attached hydrogens (primary N) is 1. The van der Waals surface area contributed by atoms with E-state index in [4.69, 9.17) is 5.73 Å². The monoisotopic (exact) mass is 184 g/mol. The van der Waals surface area contributed by atoms with Gasteiger partial charge in [-0.1, -0.05) is 13.8 Å². The Morgan fingerprint density at radius 1 is 1.38 bits per heavy atom. The van der Waals surface area contributed by atoms with Gasteiger partial charge in [-0.2, -0.15) is 0 Å². The van der Waals surface area contributed by atoms with Crippen molar-refractivity contribution in [2.45, 2.75) is 39.2 Å². The van der Waals surface area contributed by atoms with E-state index in [0.29, 0.717) is 12.6 Å². The van der Waals surface area contributed by atoms with Crippen LogP contribution in [0.2, 0.25) is 0 Å². The lowest BCUT2D eigenvalue weighted by Crippen LogP contribution is -2.40. The Labute approximate surface area is 80.1 Å². The molecule has 0 aromatic heterocycles. The molecule has 13 heavy (non-hydrogen) atoms. The van der Waals surface area contributed by atoms with Crippen LogP contribution in [0.5, 0.6) is 0 Å². The van der Waals surface area contributed by atoms with Crippen molar-refractivity contribution in [3.63, 3.8) is 0 Å². The quantitative estimate of drug-likeness (QED) is 0.684. The van der Waals surface area contributed by atoms with Crippen LogP contribution >= 0.6 is 0 Å². The summed E-state index contributed by atoms with van der Waals surface area (Å²) in [7, 11) is 0. The summed E-state index contributed by atoms with van der Waals surface area (Å²) in [5.41, 5.74) is 5.07. The van der Waals surface area contributed by atoms with Crippen molar-refractivity contribution < 1.29 is 4.79 Å². The number of hydrogen-bond acceptors (Lipinski definition) is 2. The molecule has 3 N–H and O–H groups in total. The van der Waals surface area contributed by atoms with E-state index >= 15 is 0 Å². The van der Waals surface area contributed by atoms with Crippen molar-refractivity contribution in [1.82, 2.24) is 5.32 Å². The summed E-state index contributed by atoms with van der Waals surface area (Å²) in [4.78, 5) is 10.5. The molecule has 0 radical (unpaired) electrons. The van der Waals surface area contributed by atoms with Crippen molar-refractivity contribution >= 4 is 5.91 Å². The first-order chi connectivity index (χ1) is 6.09. The summed E-state index contributed by atoms with van der Waals surface area (Å²) in [5, 5.41) is 3.20. The maximum atomic E-state index is 10.5. The average Bonchev–Trinajstić information content (AvgIpc) is 2.07. The Morgan fingerprint density at radius 2 is 2.08 bits per heavy atom. The van der Waals surface area contributed by atoms with Crippen molar-refractivity contribution in [2.75, 3.05) is 6.54 Å². The zero-order valence-electron chi connectivity index (χ0n) is 8.55. The molecule has 76 valence electrons. The van der Waals surface area contributed by atoms with Crippen molar-refractivity contribution in [3.05, 3.63) is 0 Å². The first-order valence-electron chi connectivity index (χ1n) is 5.11. The molecule has 1 fully saturated rings. The molecule has 3 heteroatoms. The number of primary amides is 1. The normalized spacial score (nSPS) is 34.5. The van der Waals surface area contributed by atoms with Gasteiger partial charge in [0.15, 0.2) is 0 Å². The van der Waals surface area contributed by atoms with E-state index in [0.717, 1.165) is 11.8 Å². The summed E-state index contributed by atoms with van der Waals surface area (Å²) in [6.45, 7) is 4.91. The molecule has 0 saturated heterocycles. The average molecular weight is 184 g/mol. The first-order valence-corrected chi connectivity index (χ1v) is 5.11. The van der Waals surface area contributed by atoms with E-state index in [2.05, 4.69) is 19.2 Å². The van der Waals surface area contributed by atoms with Gasteiger partial charge < -0.3 is 11.1 Å². The molecule has 1 aliphatic rings. The lowest BCUT2D eigenvalue weighted by molar-refractivity contribution is -0.117. The second-order valence-electron chi connectivity index (χ2n) is 4.31. The fraction of sp³-hybridized carbons (Fsp3) is 0.900.